The largest absolute Gasteiger partial charge is 0.301 e. The molecule has 1 saturated heterocycles. The van der Waals surface area contributed by atoms with E-state index < -0.39 is 10.0 Å². The first-order valence-corrected chi connectivity index (χ1v) is 7.78. The Morgan fingerprint density at radius 3 is 2.28 bits per heavy atom. The highest BCUT2D eigenvalue weighted by Gasteiger charge is 2.28. The van der Waals surface area contributed by atoms with Crippen LogP contribution in [-0.4, -0.2) is 50.3 Å². The molecule has 1 aliphatic heterocycles. The fourth-order valence-corrected chi connectivity index (χ4v) is 3.92. The lowest BCUT2D eigenvalue weighted by atomic mass is 10.2. The second kappa shape index (κ2) is 5.38. The monoisotopic (exact) mass is 268 g/mol. The van der Waals surface area contributed by atoms with Gasteiger partial charge in [0.1, 0.15) is 0 Å². The van der Waals surface area contributed by atoms with Gasteiger partial charge in [-0.25, -0.2) is 8.42 Å². The van der Waals surface area contributed by atoms with Crippen LogP contribution in [-0.2, 0) is 10.0 Å². The zero-order chi connectivity index (χ0) is 13.2. The zero-order valence-electron chi connectivity index (χ0n) is 11.0. The third-order valence-electron chi connectivity index (χ3n) is 3.49. The Labute approximate surface area is 109 Å². The van der Waals surface area contributed by atoms with Crippen molar-refractivity contribution in [2.45, 2.75) is 18.7 Å². The molecule has 0 radical (unpaired) electrons. The molecule has 0 N–H and O–H groups in total. The average molecular weight is 268 g/mol. The second-order valence-electron chi connectivity index (χ2n) is 4.60. The third kappa shape index (κ3) is 2.58. The topological polar surface area (TPSA) is 40.6 Å². The van der Waals surface area contributed by atoms with Crippen molar-refractivity contribution in [3.05, 3.63) is 29.8 Å². The Hall–Kier alpha value is -0.910. The smallest absolute Gasteiger partial charge is 0.243 e. The Balaban J connectivity index is 2.20. The molecule has 0 spiro atoms. The van der Waals surface area contributed by atoms with Gasteiger partial charge in [-0.3, -0.25) is 0 Å². The fraction of sp³-hybridized carbons (Fsp3) is 0.538. The Kier molecular flexibility index (Phi) is 4.04. The van der Waals surface area contributed by atoms with E-state index >= 15 is 0 Å². The van der Waals surface area contributed by atoms with Gasteiger partial charge in [0.15, 0.2) is 0 Å². The van der Waals surface area contributed by atoms with E-state index in [0.29, 0.717) is 18.0 Å². The van der Waals surface area contributed by atoms with Gasteiger partial charge in [0.2, 0.25) is 10.0 Å². The Morgan fingerprint density at radius 1 is 1.11 bits per heavy atom. The highest BCUT2D eigenvalue weighted by atomic mass is 32.2. The quantitative estimate of drug-likeness (QED) is 0.830. The molecule has 1 aromatic rings. The van der Waals surface area contributed by atoms with Gasteiger partial charge in [-0.15, -0.1) is 0 Å². The molecular formula is C13H20N2O2S. The molecule has 1 heterocycles. The lowest BCUT2D eigenvalue weighted by Crippen LogP contribution is -2.48. The summed E-state index contributed by atoms with van der Waals surface area (Å²) in [5, 5.41) is 0. The van der Waals surface area contributed by atoms with Crippen LogP contribution < -0.4 is 0 Å². The first kappa shape index (κ1) is 13.5. The molecule has 0 aliphatic carbocycles. The number of likely N-dealkylation sites (N-methyl/N-ethyl adjacent to an activating group) is 1. The van der Waals surface area contributed by atoms with E-state index in [2.05, 4.69) is 11.8 Å². The first-order valence-electron chi connectivity index (χ1n) is 6.34. The first-order chi connectivity index (χ1) is 8.55. The van der Waals surface area contributed by atoms with Gasteiger partial charge < -0.3 is 4.90 Å². The average Bonchev–Trinajstić information content (AvgIpc) is 2.39. The predicted molar refractivity (Wildman–Crippen MR) is 72.1 cm³/mol. The van der Waals surface area contributed by atoms with Crippen LogP contribution in [0.25, 0.3) is 0 Å². The van der Waals surface area contributed by atoms with E-state index in [1.807, 2.05) is 19.1 Å². The molecule has 1 fully saturated rings. The maximum absolute atomic E-state index is 12.5. The molecule has 0 atom stereocenters. The lowest BCUT2D eigenvalue weighted by molar-refractivity contribution is 0.196. The van der Waals surface area contributed by atoms with Crippen molar-refractivity contribution in [3.8, 4) is 0 Å². The minimum Gasteiger partial charge on any atom is -0.301 e. The maximum Gasteiger partial charge on any atom is 0.243 e. The van der Waals surface area contributed by atoms with E-state index in [0.717, 1.165) is 25.2 Å². The molecular weight excluding hydrogens is 248 g/mol. The SMILES string of the molecule is CCN1CCN(S(=O)(=O)c2ccccc2C)CC1. The summed E-state index contributed by atoms with van der Waals surface area (Å²) in [5.74, 6) is 0. The fourth-order valence-electron chi connectivity index (χ4n) is 2.27. The number of hydrogen-bond donors (Lipinski definition) is 0. The molecule has 0 amide bonds. The predicted octanol–water partition coefficient (Wildman–Crippen LogP) is 1.32. The summed E-state index contributed by atoms with van der Waals surface area (Å²) in [6.07, 6.45) is 0. The second-order valence-corrected chi connectivity index (χ2v) is 6.51. The summed E-state index contributed by atoms with van der Waals surface area (Å²) in [7, 11) is -3.32. The van der Waals surface area contributed by atoms with Gasteiger partial charge in [0.05, 0.1) is 4.90 Å². The van der Waals surface area contributed by atoms with Crippen LogP contribution >= 0.6 is 0 Å². The molecule has 0 unspecified atom stereocenters. The summed E-state index contributed by atoms with van der Waals surface area (Å²) in [4.78, 5) is 2.71. The molecule has 4 nitrogen and oxygen atoms in total. The van der Waals surface area contributed by atoms with Gasteiger partial charge in [-0.1, -0.05) is 25.1 Å². The third-order valence-corrected chi connectivity index (χ3v) is 5.55. The number of benzene rings is 1. The van der Waals surface area contributed by atoms with Crippen molar-refractivity contribution in [1.29, 1.82) is 0 Å². The number of hydrogen-bond acceptors (Lipinski definition) is 3. The number of rotatable bonds is 3. The highest BCUT2D eigenvalue weighted by Crippen LogP contribution is 2.20. The van der Waals surface area contributed by atoms with Crippen LogP contribution in [0.15, 0.2) is 29.2 Å². The van der Waals surface area contributed by atoms with Gasteiger partial charge >= 0.3 is 0 Å². The minimum atomic E-state index is -3.32. The number of aryl methyl sites for hydroxylation is 1. The molecule has 0 aromatic heterocycles. The minimum absolute atomic E-state index is 0.440. The standard InChI is InChI=1S/C13H20N2O2S/c1-3-14-8-10-15(11-9-14)18(16,17)13-7-5-4-6-12(13)2/h4-7H,3,8-11H2,1-2H3. The summed E-state index contributed by atoms with van der Waals surface area (Å²) in [5.41, 5.74) is 0.815. The van der Waals surface area contributed by atoms with E-state index in [1.165, 1.54) is 0 Å². The van der Waals surface area contributed by atoms with Crippen LogP contribution in [0.4, 0.5) is 0 Å². The van der Waals surface area contributed by atoms with Crippen molar-refractivity contribution >= 4 is 10.0 Å². The molecule has 2 rings (SSSR count). The summed E-state index contributed by atoms with van der Waals surface area (Å²) < 4.78 is 26.6. The molecule has 0 bridgehead atoms. The zero-order valence-corrected chi connectivity index (χ0v) is 11.8. The molecule has 18 heavy (non-hydrogen) atoms. The molecule has 5 heteroatoms. The number of nitrogens with zero attached hydrogens (tertiary/aromatic N) is 2. The van der Waals surface area contributed by atoms with Crippen molar-refractivity contribution in [1.82, 2.24) is 9.21 Å². The number of sulfonamides is 1. The van der Waals surface area contributed by atoms with E-state index in [9.17, 15) is 8.42 Å². The van der Waals surface area contributed by atoms with E-state index in [1.54, 1.807) is 16.4 Å². The molecule has 1 aliphatic rings. The van der Waals surface area contributed by atoms with Crippen LogP contribution in [0.1, 0.15) is 12.5 Å². The highest BCUT2D eigenvalue weighted by molar-refractivity contribution is 7.89. The summed E-state index contributed by atoms with van der Waals surface area (Å²) in [6.45, 7) is 7.75. The van der Waals surface area contributed by atoms with Gasteiger partial charge in [-0.05, 0) is 25.1 Å². The van der Waals surface area contributed by atoms with Gasteiger partial charge in [0, 0.05) is 26.2 Å². The molecule has 100 valence electrons. The van der Waals surface area contributed by atoms with Crippen LogP contribution in [0.5, 0.6) is 0 Å². The maximum atomic E-state index is 12.5. The number of piperazine rings is 1. The van der Waals surface area contributed by atoms with E-state index in [4.69, 9.17) is 0 Å². The van der Waals surface area contributed by atoms with Crippen molar-refractivity contribution in [2.75, 3.05) is 32.7 Å². The normalized spacial score (nSPS) is 19.0. The van der Waals surface area contributed by atoms with E-state index in [-0.39, 0.29) is 0 Å². The van der Waals surface area contributed by atoms with Crippen LogP contribution in [0.2, 0.25) is 0 Å². The molecule has 0 saturated carbocycles. The molecule has 1 aromatic carbocycles. The van der Waals surface area contributed by atoms with Gasteiger partial charge in [0.25, 0.3) is 0 Å². The lowest BCUT2D eigenvalue weighted by Gasteiger charge is -2.33. The Bertz CT molecular complexity index is 505. The van der Waals surface area contributed by atoms with Crippen molar-refractivity contribution in [2.24, 2.45) is 0 Å². The summed E-state index contributed by atoms with van der Waals surface area (Å²) in [6, 6.07) is 7.18. The van der Waals surface area contributed by atoms with Crippen LogP contribution in [0, 0.1) is 6.92 Å². The van der Waals surface area contributed by atoms with Crippen molar-refractivity contribution in [3.63, 3.8) is 0 Å². The van der Waals surface area contributed by atoms with Crippen molar-refractivity contribution < 1.29 is 8.42 Å². The van der Waals surface area contributed by atoms with Gasteiger partial charge in [-0.2, -0.15) is 4.31 Å². The Morgan fingerprint density at radius 2 is 1.72 bits per heavy atom. The summed E-state index contributed by atoms with van der Waals surface area (Å²) >= 11 is 0. The van der Waals surface area contributed by atoms with Crippen LogP contribution in [0.3, 0.4) is 0 Å².